The van der Waals surface area contributed by atoms with Crippen LogP contribution in [0.4, 0.5) is 13.2 Å². The van der Waals surface area contributed by atoms with Crippen LogP contribution in [-0.4, -0.2) is 43.7 Å². The van der Waals surface area contributed by atoms with Gasteiger partial charge in [0.15, 0.2) is 6.61 Å². The first kappa shape index (κ1) is 23.6. The van der Waals surface area contributed by atoms with Crippen LogP contribution in [0, 0.1) is 19.8 Å². The number of nitrogens with one attached hydrogen (secondary N) is 1. The van der Waals surface area contributed by atoms with E-state index < -0.39 is 12.8 Å². The molecular weight excluding hydrogens is 381 g/mol. The zero-order valence-corrected chi connectivity index (χ0v) is 16.8. The number of halogens is 4. The second-order valence-corrected chi connectivity index (χ2v) is 7.11. The zero-order valence-electron chi connectivity index (χ0n) is 16.0. The molecule has 1 saturated heterocycles. The first-order valence-corrected chi connectivity index (χ1v) is 8.90. The summed E-state index contributed by atoms with van der Waals surface area (Å²) in [5, 5.41) is 3.30. The summed E-state index contributed by atoms with van der Waals surface area (Å²) in [6.07, 6.45) is -1.83. The number of ether oxygens (including phenoxy) is 1. The van der Waals surface area contributed by atoms with Crippen LogP contribution in [0.3, 0.4) is 0 Å². The Kier molecular flexibility index (Phi) is 8.88. The highest BCUT2D eigenvalue weighted by Gasteiger charge is 2.29. The van der Waals surface area contributed by atoms with Crippen LogP contribution in [0.1, 0.15) is 36.0 Å². The second-order valence-electron chi connectivity index (χ2n) is 7.11. The summed E-state index contributed by atoms with van der Waals surface area (Å²) in [6, 6.07) is 3.56. The van der Waals surface area contributed by atoms with E-state index in [1.807, 2.05) is 0 Å². The number of aryl methyl sites for hydroxylation is 2. The van der Waals surface area contributed by atoms with Crippen LogP contribution in [0.15, 0.2) is 12.1 Å². The fourth-order valence-corrected chi connectivity index (χ4v) is 3.35. The number of hydrogen-bond donors (Lipinski definition) is 1. The molecule has 1 aromatic carbocycles. The molecular formula is C19H28ClF3N2O2. The molecule has 1 heterocycles. The molecule has 1 fully saturated rings. The van der Waals surface area contributed by atoms with Gasteiger partial charge in [-0.2, -0.15) is 13.2 Å². The van der Waals surface area contributed by atoms with Crippen molar-refractivity contribution in [3.8, 4) is 5.75 Å². The van der Waals surface area contributed by atoms with E-state index in [0.29, 0.717) is 30.0 Å². The maximum absolute atomic E-state index is 12.4. The van der Waals surface area contributed by atoms with Crippen molar-refractivity contribution in [2.24, 2.45) is 5.92 Å². The minimum absolute atomic E-state index is 0. The monoisotopic (exact) mass is 408 g/mol. The predicted octanol–water partition coefficient (Wildman–Crippen LogP) is 4.01. The van der Waals surface area contributed by atoms with Crippen LogP contribution >= 0.6 is 12.4 Å². The lowest BCUT2D eigenvalue weighted by Crippen LogP contribution is -2.26. The van der Waals surface area contributed by atoms with Gasteiger partial charge in [-0.05, 0) is 62.4 Å². The highest BCUT2D eigenvalue weighted by molar-refractivity contribution is 5.85. The van der Waals surface area contributed by atoms with Crippen molar-refractivity contribution in [3.05, 3.63) is 28.8 Å². The molecule has 1 aromatic rings. The average Bonchev–Trinajstić information content (AvgIpc) is 3.04. The molecule has 1 amide bonds. The van der Waals surface area contributed by atoms with Gasteiger partial charge < -0.3 is 15.0 Å². The molecule has 27 heavy (non-hydrogen) atoms. The van der Waals surface area contributed by atoms with E-state index >= 15 is 0 Å². The van der Waals surface area contributed by atoms with Crippen molar-refractivity contribution in [1.82, 2.24) is 10.2 Å². The second kappa shape index (κ2) is 10.2. The molecule has 0 bridgehead atoms. The van der Waals surface area contributed by atoms with Gasteiger partial charge in [0.05, 0.1) is 0 Å². The summed E-state index contributed by atoms with van der Waals surface area (Å²) in [7, 11) is 1.76. The molecule has 1 atom stereocenters. The number of nitrogens with zero attached hydrogens (tertiary/aromatic N) is 1. The minimum atomic E-state index is -4.36. The summed E-state index contributed by atoms with van der Waals surface area (Å²) >= 11 is 0. The van der Waals surface area contributed by atoms with E-state index in [0.717, 1.165) is 31.5 Å². The van der Waals surface area contributed by atoms with E-state index in [-0.39, 0.29) is 24.1 Å². The summed E-state index contributed by atoms with van der Waals surface area (Å²) < 4.78 is 42.0. The molecule has 0 spiro atoms. The number of alkyl halides is 3. The lowest BCUT2D eigenvalue weighted by atomic mass is 10.0. The molecule has 1 N–H and O–H groups in total. The van der Waals surface area contributed by atoms with Crippen LogP contribution in [0.2, 0.25) is 0 Å². The van der Waals surface area contributed by atoms with Gasteiger partial charge in [-0.1, -0.05) is 12.1 Å². The molecule has 0 radical (unpaired) electrons. The fourth-order valence-electron chi connectivity index (χ4n) is 3.35. The van der Waals surface area contributed by atoms with Crippen LogP contribution < -0.4 is 10.1 Å². The highest BCUT2D eigenvalue weighted by atomic mass is 35.5. The van der Waals surface area contributed by atoms with Gasteiger partial charge in [0.25, 0.3) is 0 Å². The molecule has 1 aliphatic heterocycles. The quantitative estimate of drug-likeness (QED) is 0.741. The van der Waals surface area contributed by atoms with Crippen molar-refractivity contribution in [2.75, 3.05) is 26.7 Å². The Morgan fingerprint density at radius 3 is 2.44 bits per heavy atom. The molecule has 8 heteroatoms. The average molecular weight is 409 g/mol. The van der Waals surface area contributed by atoms with Crippen LogP contribution in [-0.2, 0) is 11.3 Å². The first-order valence-electron chi connectivity index (χ1n) is 8.90. The summed E-state index contributed by atoms with van der Waals surface area (Å²) in [6.45, 7) is 4.57. The zero-order chi connectivity index (χ0) is 19.3. The summed E-state index contributed by atoms with van der Waals surface area (Å²) in [5.74, 6) is 0.917. The number of carbonyl (C=O) groups excluding carboxylic acids is 1. The van der Waals surface area contributed by atoms with Gasteiger partial charge in [-0.15, -0.1) is 12.4 Å². The standard InChI is InChI=1S/C19H27F3N2O2.ClH/c1-13-8-16(9-14(2)18(13)26-12-19(20,21)22)11-24(3)17(25)5-4-15-6-7-23-10-15;/h8-9,15,23H,4-7,10-12H2,1-3H3;1H. The molecule has 2 rings (SSSR count). The number of carbonyl (C=O) groups is 1. The van der Waals surface area contributed by atoms with Crippen LogP contribution in [0.25, 0.3) is 0 Å². The molecule has 4 nitrogen and oxygen atoms in total. The Bertz CT molecular complexity index is 609. The van der Waals surface area contributed by atoms with Gasteiger partial charge in [0, 0.05) is 20.0 Å². The molecule has 1 aliphatic rings. The summed E-state index contributed by atoms with van der Waals surface area (Å²) in [4.78, 5) is 14.0. The maximum Gasteiger partial charge on any atom is 0.422 e. The maximum atomic E-state index is 12.4. The fraction of sp³-hybridized carbons (Fsp3) is 0.632. The lowest BCUT2D eigenvalue weighted by molar-refractivity contribution is -0.153. The number of rotatable bonds is 7. The minimum Gasteiger partial charge on any atom is -0.484 e. The van der Waals surface area contributed by atoms with E-state index in [1.54, 1.807) is 37.9 Å². The molecule has 0 aliphatic carbocycles. The van der Waals surface area contributed by atoms with Crippen LogP contribution in [0.5, 0.6) is 5.75 Å². The molecule has 0 aromatic heterocycles. The van der Waals surface area contributed by atoms with E-state index in [1.165, 1.54) is 0 Å². The van der Waals surface area contributed by atoms with Crippen molar-refractivity contribution in [1.29, 1.82) is 0 Å². The van der Waals surface area contributed by atoms with E-state index in [9.17, 15) is 18.0 Å². The Hall–Kier alpha value is -1.47. The predicted molar refractivity (Wildman–Crippen MR) is 101 cm³/mol. The van der Waals surface area contributed by atoms with Gasteiger partial charge in [0.2, 0.25) is 5.91 Å². The third kappa shape index (κ3) is 7.58. The van der Waals surface area contributed by atoms with E-state index in [2.05, 4.69) is 5.32 Å². The number of hydrogen-bond acceptors (Lipinski definition) is 3. The number of benzene rings is 1. The Morgan fingerprint density at radius 2 is 1.93 bits per heavy atom. The van der Waals surface area contributed by atoms with Gasteiger partial charge >= 0.3 is 6.18 Å². The Morgan fingerprint density at radius 1 is 1.30 bits per heavy atom. The lowest BCUT2D eigenvalue weighted by Gasteiger charge is -2.20. The Balaban J connectivity index is 0.00000364. The molecule has 0 saturated carbocycles. The molecule has 1 unspecified atom stereocenters. The van der Waals surface area contributed by atoms with Crippen molar-refractivity contribution < 1.29 is 22.7 Å². The highest BCUT2D eigenvalue weighted by Crippen LogP contribution is 2.27. The van der Waals surface area contributed by atoms with Gasteiger partial charge in [0.1, 0.15) is 5.75 Å². The molecule has 154 valence electrons. The topological polar surface area (TPSA) is 41.6 Å². The van der Waals surface area contributed by atoms with Crippen molar-refractivity contribution in [3.63, 3.8) is 0 Å². The van der Waals surface area contributed by atoms with Gasteiger partial charge in [-0.3, -0.25) is 4.79 Å². The van der Waals surface area contributed by atoms with E-state index in [4.69, 9.17) is 4.74 Å². The smallest absolute Gasteiger partial charge is 0.422 e. The first-order chi connectivity index (χ1) is 12.2. The summed E-state index contributed by atoms with van der Waals surface area (Å²) in [5.41, 5.74) is 2.17. The van der Waals surface area contributed by atoms with Crippen molar-refractivity contribution >= 4 is 18.3 Å². The van der Waals surface area contributed by atoms with Gasteiger partial charge in [-0.25, -0.2) is 0 Å². The normalized spacial score (nSPS) is 16.7. The third-order valence-corrected chi connectivity index (χ3v) is 4.67. The Labute approximate surface area is 164 Å². The largest absolute Gasteiger partial charge is 0.484 e. The third-order valence-electron chi connectivity index (χ3n) is 4.67. The number of amides is 1. The van der Waals surface area contributed by atoms with Crippen molar-refractivity contribution in [2.45, 2.75) is 45.8 Å². The SMILES string of the molecule is Cc1cc(CN(C)C(=O)CCC2CCNC2)cc(C)c1OCC(F)(F)F.Cl.